The Morgan fingerprint density at radius 3 is 2.29 bits per heavy atom. The maximum atomic E-state index is 13.5. The minimum Gasteiger partial charge on any atom is -0.385 e. The molecule has 0 aliphatic heterocycles. The lowest BCUT2D eigenvalue weighted by atomic mass is 10.2. The van der Waals surface area contributed by atoms with Crippen molar-refractivity contribution >= 4 is 52.2 Å². The Balaban J connectivity index is 1.78. The van der Waals surface area contributed by atoms with Gasteiger partial charge in [0.1, 0.15) is 6.54 Å². The van der Waals surface area contributed by atoms with Gasteiger partial charge >= 0.3 is 6.03 Å². The molecule has 3 aromatic rings. The van der Waals surface area contributed by atoms with Crippen molar-refractivity contribution in [2.24, 2.45) is 0 Å². The molecule has 0 fully saturated rings. The summed E-state index contributed by atoms with van der Waals surface area (Å²) in [6.07, 6.45) is 0.580. The molecule has 3 amide bonds. The van der Waals surface area contributed by atoms with Crippen molar-refractivity contribution in [3.63, 3.8) is 0 Å². The van der Waals surface area contributed by atoms with E-state index in [2.05, 4.69) is 5.32 Å². The number of urea groups is 1. The number of carbonyl (C=O) groups excluding carboxylic acids is 2. The van der Waals surface area contributed by atoms with E-state index in [0.29, 0.717) is 48.4 Å². The Hall–Kier alpha value is -2.58. The van der Waals surface area contributed by atoms with Crippen LogP contribution in [0.25, 0.3) is 0 Å². The molecule has 1 aromatic heterocycles. The summed E-state index contributed by atoms with van der Waals surface area (Å²) in [7, 11) is 1.60. The van der Waals surface area contributed by atoms with Gasteiger partial charge in [0.25, 0.3) is 0 Å². The van der Waals surface area contributed by atoms with E-state index in [4.69, 9.17) is 27.9 Å². The van der Waals surface area contributed by atoms with E-state index in [1.165, 1.54) is 9.78 Å². The number of aryl methyl sites for hydroxylation is 1. The average Bonchev–Trinajstić information content (AvgIpc) is 3.25. The molecule has 35 heavy (non-hydrogen) atoms. The Morgan fingerprint density at radius 1 is 0.943 bits per heavy atom. The van der Waals surface area contributed by atoms with E-state index in [9.17, 15) is 9.59 Å². The van der Waals surface area contributed by atoms with Gasteiger partial charge < -0.3 is 19.9 Å². The van der Waals surface area contributed by atoms with Gasteiger partial charge in [0.05, 0.1) is 22.3 Å². The van der Waals surface area contributed by atoms with E-state index < -0.39 is 6.03 Å². The van der Waals surface area contributed by atoms with Crippen LogP contribution in [-0.4, -0.2) is 48.5 Å². The monoisotopic (exact) mass is 533 g/mol. The molecule has 0 aliphatic rings. The maximum absolute atomic E-state index is 13.5. The Morgan fingerprint density at radius 2 is 1.66 bits per heavy atom. The highest BCUT2D eigenvalue weighted by Gasteiger charge is 2.23. The topological polar surface area (TPSA) is 61.9 Å². The molecule has 2 aromatic carbocycles. The van der Waals surface area contributed by atoms with Gasteiger partial charge in [0, 0.05) is 36.6 Å². The van der Waals surface area contributed by atoms with Crippen LogP contribution in [0.3, 0.4) is 0 Å². The molecule has 0 aliphatic carbocycles. The van der Waals surface area contributed by atoms with Crippen LogP contribution in [-0.2, 0) is 22.6 Å². The number of benzene rings is 2. The van der Waals surface area contributed by atoms with Gasteiger partial charge in [-0.15, -0.1) is 11.3 Å². The largest absolute Gasteiger partial charge is 0.385 e. The highest BCUT2D eigenvalue weighted by molar-refractivity contribution is 7.11. The highest BCUT2D eigenvalue weighted by atomic mass is 35.5. The molecule has 1 heterocycles. The van der Waals surface area contributed by atoms with Crippen LogP contribution in [0.4, 0.5) is 10.5 Å². The first-order valence-corrected chi connectivity index (χ1v) is 12.8. The molecular weight excluding hydrogens is 505 g/mol. The summed E-state index contributed by atoms with van der Waals surface area (Å²) < 4.78 is 5.15. The molecule has 6 nitrogen and oxygen atoms in total. The number of hydrogen-bond donors (Lipinski definition) is 1. The number of nitrogens with zero attached hydrogens (tertiary/aromatic N) is 2. The number of ether oxygens (including phenoxy) is 1. The number of halogens is 2. The van der Waals surface area contributed by atoms with Crippen molar-refractivity contribution in [3.05, 3.63) is 86.0 Å². The molecule has 0 radical (unpaired) electrons. The smallest absolute Gasteiger partial charge is 0.322 e. The van der Waals surface area contributed by atoms with Crippen molar-refractivity contribution in [2.75, 3.05) is 32.1 Å². The van der Waals surface area contributed by atoms with Crippen LogP contribution < -0.4 is 5.32 Å². The zero-order chi connectivity index (χ0) is 25.2. The fraction of sp³-hybridized carbons (Fsp3) is 0.308. The summed E-state index contributed by atoms with van der Waals surface area (Å²) in [4.78, 5) is 32.2. The van der Waals surface area contributed by atoms with Crippen molar-refractivity contribution < 1.29 is 14.3 Å². The molecule has 0 bridgehead atoms. The molecule has 0 spiro atoms. The Bertz CT molecular complexity index is 1100. The van der Waals surface area contributed by atoms with Crippen LogP contribution in [0.1, 0.15) is 21.7 Å². The van der Waals surface area contributed by atoms with Gasteiger partial charge in [-0.25, -0.2) is 4.79 Å². The van der Waals surface area contributed by atoms with Crippen molar-refractivity contribution in [1.29, 1.82) is 0 Å². The van der Waals surface area contributed by atoms with Crippen LogP contribution in [0.15, 0.2) is 60.7 Å². The van der Waals surface area contributed by atoms with Gasteiger partial charge in [0.2, 0.25) is 5.91 Å². The molecule has 1 N–H and O–H groups in total. The second-order valence-electron chi connectivity index (χ2n) is 8.04. The molecule has 9 heteroatoms. The van der Waals surface area contributed by atoms with Crippen LogP contribution in [0, 0.1) is 6.92 Å². The number of thiophene rings is 1. The zero-order valence-corrected chi connectivity index (χ0v) is 22.1. The lowest BCUT2D eigenvalue weighted by molar-refractivity contribution is -0.133. The molecule has 0 saturated carbocycles. The standard InChI is InChI=1S/C26H29Cl2N3O3S/c1-19-12-13-21(35-19)17-31(16-20-8-4-3-5-9-20)24(32)18-30(14-7-15-34-2)26(33)29-25-22(27)10-6-11-23(25)28/h3-6,8-13H,7,14-18H2,1-2H3,(H,29,33). The van der Waals surface area contributed by atoms with E-state index >= 15 is 0 Å². The number of anilines is 1. The predicted octanol–water partition coefficient (Wildman–Crippen LogP) is 6.46. The van der Waals surface area contributed by atoms with E-state index in [1.807, 2.05) is 49.4 Å². The van der Waals surface area contributed by atoms with E-state index in [1.54, 1.807) is 41.5 Å². The maximum Gasteiger partial charge on any atom is 0.322 e. The van der Waals surface area contributed by atoms with Crippen molar-refractivity contribution in [3.8, 4) is 0 Å². The van der Waals surface area contributed by atoms with Crippen LogP contribution >= 0.6 is 34.5 Å². The van der Waals surface area contributed by atoms with Crippen molar-refractivity contribution in [2.45, 2.75) is 26.4 Å². The van der Waals surface area contributed by atoms with Gasteiger partial charge in [-0.05, 0) is 43.2 Å². The highest BCUT2D eigenvalue weighted by Crippen LogP contribution is 2.30. The summed E-state index contributed by atoms with van der Waals surface area (Å²) in [6.45, 7) is 3.67. The summed E-state index contributed by atoms with van der Waals surface area (Å²) >= 11 is 14.1. The quantitative estimate of drug-likeness (QED) is 0.287. The first kappa shape index (κ1) is 27.0. The number of rotatable bonds is 11. The summed E-state index contributed by atoms with van der Waals surface area (Å²) in [6, 6.07) is 18.4. The van der Waals surface area contributed by atoms with E-state index in [0.717, 1.165) is 10.4 Å². The number of hydrogen-bond acceptors (Lipinski definition) is 4. The fourth-order valence-corrected chi connectivity index (χ4v) is 4.91. The molecular formula is C26H29Cl2N3O3S. The fourth-order valence-electron chi connectivity index (χ4n) is 3.51. The van der Waals surface area contributed by atoms with E-state index in [-0.39, 0.29) is 12.5 Å². The van der Waals surface area contributed by atoms with Crippen molar-refractivity contribution in [1.82, 2.24) is 9.80 Å². The third kappa shape index (κ3) is 8.25. The second kappa shape index (κ2) is 13.5. The van der Waals surface area contributed by atoms with Gasteiger partial charge in [0.15, 0.2) is 0 Å². The molecule has 0 unspecified atom stereocenters. The number of methoxy groups -OCH3 is 1. The normalized spacial score (nSPS) is 10.7. The number of carbonyl (C=O) groups is 2. The number of amides is 3. The van der Waals surface area contributed by atoms with Gasteiger partial charge in [-0.2, -0.15) is 0 Å². The summed E-state index contributed by atoms with van der Waals surface area (Å²) in [5.74, 6) is -0.155. The second-order valence-corrected chi connectivity index (χ2v) is 10.2. The third-order valence-electron chi connectivity index (χ3n) is 5.30. The summed E-state index contributed by atoms with van der Waals surface area (Å²) in [5, 5.41) is 3.42. The van der Waals surface area contributed by atoms with Gasteiger partial charge in [-0.3, -0.25) is 4.79 Å². The zero-order valence-electron chi connectivity index (χ0n) is 19.8. The first-order chi connectivity index (χ1) is 16.9. The molecule has 186 valence electrons. The lowest BCUT2D eigenvalue weighted by Gasteiger charge is -2.28. The number of nitrogens with one attached hydrogen (secondary N) is 1. The Kier molecular flexibility index (Phi) is 10.4. The average molecular weight is 535 g/mol. The summed E-state index contributed by atoms with van der Waals surface area (Å²) in [5.41, 5.74) is 1.34. The van der Waals surface area contributed by atoms with Crippen LogP contribution in [0.2, 0.25) is 10.0 Å². The predicted molar refractivity (Wildman–Crippen MR) is 143 cm³/mol. The molecule has 0 atom stereocenters. The minimum atomic E-state index is -0.448. The first-order valence-electron chi connectivity index (χ1n) is 11.2. The third-order valence-corrected chi connectivity index (χ3v) is 6.91. The minimum absolute atomic E-state index is 0.0885. The lowest BCUT2D eigenvalue weighted by Crippen LogP contribution is -2.44. The Labute approximate surface area is 220 Å². The number of para-hydroxylation sites is 1. The molecule has 3 rings (SSSR count). The van der Waals surface area contributed by atoms with Gasteiger partial charge in [-0.1, -0.05) is 59.6 Å². The SMILES string of the molecule is COCCCN(CC(=O)N(Cc1ccccc1)Cc1ccc(C)s1)C(=O)Nc1c(Cl)cccc1Cl. The molecule has 0 saturated heterocycles. The van der Waals surface area contributed by atoms with Crippen LogP contribution in [0.5, 0.6) is 0 Å².